The summed E-state index contributed by atoms with van der Waals surface area (Å²) in [6.07, 6.45) is 2.27. The zero-order chi connectivity index (χ0) is 22.7. The van der Waals surface area contributed by atoms with Crippen molar-refractivity contribution in [3.8, 4) is 5.69 Å². The topological polar surface area (TPSA) is 73.2 Å². The number of anilines is 1. The van der Waals surface area contributed by atoms with Gasteiger partial charge in [-0.2, -0.15) is 13.5 Å². The number of benzene rings is 3. The minimum Gasteiger partial charge on any atom is -0.384 e. The molecule has 1 N–H and O–H groups in total. The van der Waals surface area contributed by atoms with Gasteiger partial charge in [0.15, 0.2) is 0 Å². The molecule has 0 aliphatic rings. The molecule has 0 saturated carbocycles. The van der Waals surface area contributed by atoms with Gasteiger partial charge in [0, 0.05) is 17.6 Å². The fourth-order valence-corrected chi connectivity index (χ4v) is 4.38. The van der Waals surface area contributed by atoms with Crippen molar-refractivity contribution in [1.82, 2.24) is 9.78 Å². The standard InChI is InChI=1S/C24H24FN3O3S/c1-17-4-10-21(11-5-17)32(29,30)31-13-3-12-26-23-14-18(2)15-24-22(23)16-27-28(24)20-8-6-19(25)7-9-20/h4-11,14-16,26H,3,12-13H2,1-2H3. The average Bonchev–Trinajstić information content (AvgIpc) is 3.18. The van der Waals surface area contributed by atoms with Crippen molar-refractivity contribution in [2.24, 2.45) is 0 Å². The van der Waals surface area contributed by atoms with Gasteiger partial charge in [-0.25, -0.2) is 9.07 Å². The van der Waals surface area contributed by atoms with Crippen LogP contribution in [0.1, 0.15) is 17.5 Å². The summed E-state index contributed by atoms with van der Waals surface area (Å²) in [5.41, 5.74) is 4.60. The van der Waals surface area contributed by atoms with Gasteiger partial charge in [0.1, 0.15) is 5.82 Å². The Bertz CT molecular complexity index is 1330. The van der Waals surface area contributed by atoms with Crippen molar-refractivity contribution in [1.29, 1.82) is 0 Å². The molecule has 0 aliphatic heterocycles. The zero-order valence-corrected chi connectivity index (χ0v) is 18.7. The normalized spacial score (nSPS) is 11.7. The van der Waals surface area contributed by atoms with Crippen LogP contribution in [0, 0.1) is 19.7 Å². The van der Waals surface area contributed by atoms with E-state index in [0.29, 0.717) is 13.0 Å². The predicted octanol–water partition coefficient (Wildman–Crippen LogP) is 4.99. The third-order valence-corrected chi connectivity index (χ3v) is 6.42. The van der Waals surface area contributed by atoms with Gasteiger partial charge in [-0.1, -0.05) is 17.7 Å². The fraction of sp³-hybridized carbons (Fsp3) is 0.208. The first-order chi connectivity index (χ1) is 15.3. The molecule has 3 aromatic carbocycles. The molecule has 0 amide bonds. The molecule has 1 aromatic heterocycles. The Labute approximate surface area is 186 Å². The Kier molecular flexibility index (Phi) is 6.25. The second-order valence-corrected chi connectivity index (χ2v) is 9.26. The predicted molar refractivity (Wildman–Crippen MR) is 123 cm³/mol. The highest BCUT2D eigenvalue weighted by Crippen LogP contribution is 2.27. The van der Waals surface area contributed by atoms with E-state index in [0.717, 1.165) is 33.4 Å². The monoisotopic (exact) mass is 453 g/mol. The van der Waals surface area contributed by atoms with Crippen LogP contribution in [0.2, 0.25) is 0 Å². The summed E-state index contributed by atoms with van der Waals surface area (Å²) in [5.74, 6) is -0.296. The van der Waals surface area contributed by atoms with E-state index >= 15 is 0 Å². The lowest BCUT2D eigenvalue weighted by Gasteiger charge is -2.11. The molecule has 1 heterocycles. The van der Waals surface area contributed by atoms with E-state index in [1.807, 2.05) is 26.0 Å². The van der Waals surface area contributed by atoms with Gasteiger partial charge in [-0.05, 0) is 74.4 Å². The summed E-state index contributed by atoms with van der Waals surface area (Å²) >= 11 is 0. The first kappa shape index (κ1) is 22.0. The summed E-state index contributed by atoms with van der Waals surface area (Å²) in [6, 6.07) is 16.8. The average molecular weight is 454 g/mol. The van der Waals surface area contributed by atoms with Crippen molar-refractivity contribution in [2.45, 2.75) is 25.2 Å². The SMILES string of the molecule is Cc1ccc(S(=O)(=O)OCCCNc2cc(C)cc3c2cnn3-c2ccc(F)cc2)cc1. The highest BCUT2D eigenvalue weighted by molar-refractivity contribution is 7.86. The molecular formula is C24H24FN3O3S. The van der Waals surface area contributed by atoms with Crippen molar-refractivity contribution >= 4 is 26.7 Å². The number of nitrogens with zero attached hydrogens (tertiary/aromatic N) is 2. The number of fused-ring (bicyclic) bond motifs is 1. The number of aromatic nitrogens is 2. The molecule has 6 nitrogen and oxygen atoms in total. The summed E-state index contributed by atoms with van der Waals surface area (Å²) in [7, 11) is -3.76. The smallest absolute Gasteiger partial charge is 0.296 e. The molecule has 32 heavy (non-hydrogen) atoms. The third-order valence-electron chi connectivity index (χ3n) is 5.09. The first-order valence-corrected chi connectivity index (χ1v) is 11.7. The van der Waals surface area contributed by atoms with Gasteiger partial charge in [0.25, 0.3) is 10.1 Å². The van der Waals surface area contributed by atoms with E-state index in [1.54, 1.807) is 47.3 Å². The van der Waals surface area contributed by atoms with Crippen molar-refractivity contribution in [3.05, 3.63) is 83.8 Å². The van der Waals surface area contributed by atoms with Crippen LogP contribution >= 0.6 is 0 Å². The number of nitrogens with one attached hydrogen (secondary N) is 1. The van der Waals surface area contributed by atoms with Gasteiger partial charge in [-0.3, -0.25) is 4.18 Å². The third kappa shape index (κ3) is 4.81. The summed E-state index contributed by atoms with van der Waals surface area (Å²) in [5, 5.41) is 8.74. The van der Waals surface area contributed by atoms with E-state index in [1.165, 1.54) is 12.1 Å². The van der Waals surface area contributed by atoms with Crippen molar-refractivity contribution in [2.75, 3.05) is 18.5 Å². The van der Waals surface area contributed by atoms with Crippen LogP contribution in [-0.2, 0) is 14.3 Å². The highest BCUT2D eigenvalue weighted by Gasteiger charge is 2.15. The van der Waals surface area contributed by atoms with Crippen LogP contribution in [0.15, 0.2) is 71.8 Å². The quantitative estimate of drug-likeness (QED) is 0.301. The summed E-state index contributed by atoms with van der Waals surface area (Å²) in [6.45, 7) is 4.50. The van der Waals surface area contributed by atoms with E-state index < -0.39 is 10.1 Å². The van der Waals surface area contributed by atoms with Gasteiger partial charge < -0.3 is 5.32 Å². The van der Waals surface area contributed by atoms with Crippen LogP contribution in [0.3, 0.4) is 0 Å². The van der Waals surface area contributed by atoms with E-state index in [9.17, 15) is 12.8 Å². The molecule has 0 aliphatic carbocycles. The molecule has 0 radical (unpaired) electrons. The maximum absolute atomic E-state index is 13.3. The molecule has 0 bridgehead atoms. The van der Waals surface area contributed by atoms with Crippen LogP contribution in [0.5, 0.6) is 0 Å². The van der Waals surface area contributed by atoms with E-state index in [4.69, 9.17) is 4.18 Å². The molecule has 4 aromatic rings. The molecule has 8 heteroatoms. The lowest BCUT2D eigenvalue weighted by Crippen LogP contribution is -2.11. The van der Waals surface area contributed by atoms with Gasteiger partial charge >= 0.3 is 0 Å². The number of halogens is 1. The van der Waals surface area contributed by atoms with Gasteiger partial charge in [0.2, 0.25) is 0 Å². The van der Waals surface area contributed by atoms with Crippen molar-refractivity contribution in [3.63, 3.8) is 0 Å². The first-order valence-electron chi connectivity index (χ1n) is 10.3. The van der Waals surface area contributed by atoms with Crippen LogP contribution in [0.25, 0.3) is 16.6 Å². The minimum absolute atomic E-state index is 0.0764. The lowest BCUT2D eigenvalue weighted by atomic mass is 10.1. The molecule has 0 unspecified atom stereocenters. The molecule has 0 fully saturated rings. The Morgan fingerprint density at radius 3 is 2.44 bits per heavy atom. The Morgan fingerprint density at radius 2 is 1.72 bits per heavy atom. The number of hydrogen-bond donors (Lipinski definition) is 1. The Hall–Kier alpha value is -3.23. The lowest BCUT2D eigenvalue weighted by molar-refractivity contribution is 0.316. The largest absolute Gasteiger partial charge is 0.384 e. The van der Waals surface area contributed by atoms with Gasteiger partial charge in [0.05, 0.1) is 28.9 Å². The van der Waals surface area contributed by atoms with Crippen LogP contribution in [0.4, 0.5) is 10.1 Å². The second kappa shape index (κ2) is 9.10. The number of aryl methyl sites for hydroxylation is 2. The fourth-order valence-electron chi connectivity index (χ4n) is 3.44. The molecule has 0 saturated heterocycles. The highest BCUT2D eigenvalue weighted by atomic mass is 32.2. The molecule has 0 spiro atoms. The maximum atomic E-state index is 13.3. The maximum Gasteiger partial charge on any atom is 0.296 e. The minimum atomic E-state index is -3.76. The van der Waals surface area contributed by atoms with Gasteiger partial charge in [-0.15, -0.1) is 0 Å². The zero-order valence-electron chi connectivity index (χ0n) is 17.9. The Balaban J connectivity index is 1.41. The molecule has 4 rings (SSSR count). The molecular weight excluding hydrogens is 429 g/mol. The number of rotatable bonds is 8. The van der Waals surface area contributed by atoms with Crippen LogP contribution < -0.4 is 5.32 Å². The summed E-state index contributed by atoms with van der Waals surface area (Å²) < 4.78 is 44.8. The van der Waals surface area contributed by atoms with E-state index in [-0.39, 0.29) is 17.3 Å². The summed E-state index contributed by atoms with van der Waals surface area (Å²) in [4.78, 5) is 0.157. The molecule has 166 valence electrons. The number of hydrogen-bond acceptors (Lipinski definition) is 5. The van der Waals surface area contributed by atoms with Crippen LogP contribution in [-0.4, -0.2) is 31.3 Å². The Morgan fingerprint density at radius 1 is 1.00 bits per heavy atom. The molecule has 0 atom stereocenters. The van der Waals surface area contributed by atoms with E-state index in [2.05, 4.69) is 10.4 Å². The second-order valence-electron chi connectivity index (χ2n) is 7.65. The van der Waals surface area contributed by atoms with Crippen molar-refractivity contribution < 1.29 is 17.0 Å².